The van der Waals surface area contributed by atoms with E-state index in [2.05, 4.69) is 0 Å². The van der Waals surface area contributed by atoms with E-state index in [1.54, 1.807) is 26.0 Å². The van der Waals surface area contributed by atoms with Crippen LogP contribution in [-0.4, -0.2) is 48.7 Å². The number of aliphatic hydroxyl groups excluding tert-OH is 1. The van der Waals surface area contributed by atoms with Gasteiger partial charge in [0.15, 0.2) is 5.60 Å². The first-order valence-electron chi connectivity index (χ1n) is 6.52. The number of rotatable bonds is 9. The molecule has 112 valence electrons. The molecule has 0 spiro atoms. The first-order valence-corrected chi connectivity index (χ1v) is 6.52. The van der Waals surface area contributed by atoms with Crippen LogP contribution >= 0.6 is 0 Å². The number of carbonyl (C=O) groups excluding carboxylic acids is 1. The molecule has 1 unspecified atom stereocenters. The van der Waals surface area contributed by atoms with Crippen LogP contribution in [0.3, 0.4) is 0 Å². The summed E-state index contributed by atoms with van der Waals surface area (Å²) in [5.74, 6) is -0.427. The Morgan fingerprint density at radius 3 is 2.42 bits per heavy atom. The first kappa shape index (κ1) is 18.1. The van der Waals surface area contributed by atoms with E-state index < -0.39 is 11.6 Å². The summed E-state index contributed by atoms with van der Waals surface area (Å²) < 4.78 is 16.0. The Hall–Kier alpha value is -0.910. The van der Waals surface area contributed by atoms with Gasteiger partial charge in [0.05, 0.1) is 25.4 Å². The third kappa shape index (κ3) is 8.75. The maximum absolute atomic E-state index is 11.8. The number of carbonyl (C=O) groups is 1. The van der Waals surface area contributed by atoms with Gasteiger partial charge in [0.1, 0.15) is 6.61 Å². The molecule has 0 saturated heterocycles. The summed E-state index contributed by atoms with van der Waals surface area (Å²) in [5, 5.41) is 8.57. The molecule has 5 heteroatoms. The second-order valence-electron chi connectivity index (χ2n) is 5.07. The van der Waals surface area contributed by atoms with E-state index >= 15 is 0 Å². The van der Waals surface area contributed by atoms with E-state index in [1.807, 2.05) is 20.8 Å². The molecule has 19 heavy (non-hydrogen) atoms. The van der Waals surface area contributed by atoms with Crippen LogP contribution < -0.4 is 0 Å². The third-order valence-electron chi connectivity index (χ3n) is 2.26. The van der Waals surface area contributed by atoms with Crippen molar-refractivity contribution in [2.45, 2.75) is 52.4 Å². The third-order valence-corrected chi connectivity index (χ3v) is 2.26. The lowest BCUT2D eigenvalue weighted by molar-refractivity contribution is -0.171. The summed E-state index contributed by atoms with van der Waals surface area (Å²) in [7, 11) is 0. The fourth-order valence-corrected chi connectivity index (χ4v) is 1.33. The quantitative estimate of drug-likeness (QED) is 0.512. The van der Waals surface area contributed by atoms with Crippen molar-refractivity contribution in [2.24, 2.45) is 0 Å². The highest BCUT2D eigenvalue weighted by atomic mass is 16.6. The maximum atomic E-state index is 11.8. The summed E-state index contributed by atoms with van der Waals surface area (Å²) in [6, 6.07) is 0. The molecule has 1 atom stereocenters. The van der Waals surface area contributed by atoms with E-state index in [4.69, 9.17) is 19.3 Å². The van der Waals surface area contributed by atoms with Crippen LogP contribution in [0.15, 0.2) is 12.2 Å². The molecule has 0 saturated carbocycles. The number of hydrogen-bond acceptors (Lipinski definition) is 5. The number of aliphatic hydroxyl groups is 1. The molecule has 0 aromatic heterocycles. The van der Waals surface area contributed by atoms with Gasteiger partial charge in [-0.05, 0) is 34.6 Å². The lowest BCUT2D eigenvalue weighted by atomic mass is 10.1. The highest BCUT2D eigenvalue weighted by Crippen LogP contribution is 2.12. The largest absolute Gasteiger partial charge is 0.461 e. The molecule has 0 radical (unpaired) electrons. The van der Waals surface area contributed by atoms with Gasteiger partial charge >= 0.3 is 5.97 Å². The molecule has 0 fully saturated rings. The zero-order valence-corrected chi connectivity index (χ0v) is 12.5. The summed E-state index contributed by atoms with van der Waals surface area (Å²) in [6.07, 6.45) is 3.16. The molecule has 0 amide bonds. The predicted octanol–water partition coefficient (Wildman–Crippen LogP) is 1.69. The standard InChI is InChI=1S/C14H26O5/c1-11(2)19-12(3)10-17-13(16)14(4,5)18-9-7-6-8-15/h6-7,11-12,15H,8-10H2,1-5H3/b7-6+. The van der Waals surface area contributed by atoms with Gasteiger partial charge in [-0.2, -0.15) is 0 Å². The van der Waals surface area contributed by atoms with E-state index in [0.717, 1.165) is 0 Å². The van der Waals surface area contributed by atoms with Crippen molar-refractivity contribution in [1.29, 1.82) is 0 Å². The second kappa shape index (κ2) is 9.07. The van der Waals surface area contributed by atoms with Crippen LogP contribution in [-0.2, 0) is 19.0 Å². The fraction of sp³-hybridized carbons (Fsp3) is 0.786. The van der Waals surface area contributed by atoms with Crippen molar-refractivity contribution < 1.29 is 24.1 Å². The minimum absolute atomic E-state index is 0.0434. The SMILES string of the molecule is CC(C)OC(C)COC(=O)C(C)(C)OC/C=C/CO. The summed E-state index contributed by atoms with van der Waals surface area (Å²) >= 11 is 0. The molecule has 0 aliphatic carbocycles. The monoisotopic (exact) mass is 274 g/mol. The van der Waals surface area contributed by atoms with Gasteiger partial charge in [-0.3, -0.25) is 0 Å². The fourth-order valence-electron chi connectivity index (χ4n) is 1.33. The first-order chi connectivity index (χ1) is 8.79. The zero-order valence-electron chi connectivity index (χ0n) is 12.5. The van der Waals surface area contributed by atoms with E-state index in [0.29, 0.717) is 0 Å². The molecule has 0 aliphatic rings. The van der Waals surface area contributed by atoms with Crippen LogP contribution in [0.1, 0.15) is 34.6 Å². The number of hydrogen-bond donors (Lipinski definition) is 1. The Labute approximate surface area is 115 Å². The van der Waals surface area contributed by atoms with Crippen molar-refractivity contribution in [2.75, 3.05) is 19.8 Å². The lowest BCUT2D eigenvalue weighted by Crippen LogP contribution is -2.38. The maximum Gasteiger partial charge on any atom is 0.337 e. The van der Waals surface area contributed by atoms with Crippen LogP contribution in [0.4, 0.5) is 0 Å². The molecule has 0 aromatic rings. The highest BCUT2D eigenvalue weighted by Gasteiger charge is 2.30. The van der Waals surface area contributed by atoms with Crippen molar-refractivity contribution >= 4 is 5.97 Å². The van der Waals surface area contributed by atoms with Gasteiger partial charge in [0.2, 0.25) is 0 Å². The average molecular weight is 274 g/mol. The molecule has 5 nitrogen and oxygen atoms in total. The predicted molar refractivity (Wildman–Crippen MR) is 72.9 cm³/mol. The molecule has 0 aromatic carbocycles. The van der Waals surface area contributed by atoms with Crippen LogP contribution in [0.2, 0.25) is 0 Å². The molecular weight excluding hydrogens is 248 g/mol. The lowest BCUT2D eigenvalue weighted by Gasteiger charge is -2.24. The van der Waals surface area contributed by atoms with Crippen molar-refractivity contribution in [1.82, 2.24) is 0 Å². The molecule has 1 N–H and O–H groups in total. The minimum atomic E-state index is -1.02. The van der Waals surface area contributed by atoms with E-state index in [-0.39, 0.29) is 32.0 Å². The average Bonchev–Trinajstić information content (AvgIpc) is 2.30. The van der Waals surface area contributed by atoms with Crippen molar-refractivity contribution in [3.05, 3.63) is 12.2 Å². The smallest absolute Gasteiger partial charge is 0.337 e. The van der Waals surface area contributed by atoms with Gasteiger partial charge < -0.3 is 19.3 Å². The summed E-state index contributed by atoms with van der Waals surface area (Å²) in [5.41, 5.74) is -1.02. The Kier molecular flexibility index (Phi) is 8.63. The summed E-state index contributed by atoms with van der Waals surface area (Å²) in [6.45, 7) is 9.42. The van der Waals surface area contributed by atoms with Crippen molar-refractivity contribution in [3.8, 4) is 0 Å². The number of ether oxygens (including phenoxy) is 3. The zero-order chi connectivity index (χ0) is 14.9. The molecule has 0 heterocycles. The van der Waals surface area contributed by atoms with Gasteiger partial charge in [0.25, 0.3) is 0 Å². The Morgan fingerprint density at radius 1 is 1.26 bits per heavy atom. The minimum Gasteiger partial charge on any atom is -0.461 e. The molecule has 0 rings (SSSR count). The summed E-state index contributed by atoms with van der Waals surface area (Å²) in [4.78, 5) is 11.8. The molecular formula is C14H26O5. The Morgan fingerprint density at radius 2 is 1.89 bits per heavy atom. The Balaban J connectivity index is 4.06. The van der Waals surface area contributed by atoms with Crippen LogP contribution in [0.5, 0.6) is 0 Å². The van der Waals surface area contributed by atoms with E-state index in [1.165, 1.54) is 0 Å². The topological polar surface area (TPSA) is 65.0 Å². The number of esters is 1. The van der Waals surface area contributed by atoms with Crippen LogP contribution in [0.25, 0.3) is 0 Å². The van der Waals surface area contributed by atoms with E-state index in [9.17, 15) is 4.79 Å². The van der Waals surface area contributed by atoms with Gasteiger partial charge in [-0.15, -0.1) is 0 Å². The van der Waals surface area contributed by atoms with Crippen molar-refractivity contribution in [3.63, 3.8) is 0 Å². The van der Waals surface area contributed by atoms with Gasteiger partial charge in [-0.1, -0.05) is 12.2 Å². The second-order valence-corrected chi connectivity index (χ2v) is 5.07. The highest BCUT2D eigenvalue weighted by molar-refractivity contribution is 5.78. The van der Waals surface area contributed by atoms with Gasteiger partial charge in [0, 0.05) is 0 Å². The normalized spacial score (nSPS) is 14.1. The Bertz CT molecular complexity index is 284. The van der Waals surface area contributed by atoms with Gasteiger partial charge in [-0.25, -0.2) is 4.79 Å². The molecule has 0 bridgehead atoms. The van der Waals surface area contributed by atoms with Crippen LogP contribution in [0, 0.1) is 0 Å². The molecule has 0 aliphatic heterocycles.